The van der Waals surface area contributed by atoms with Crippen molar-refractivity contribution in [3.63, 3.8) is 0 Å². The second kappa shape index (κ2) is 6.88. The molecular formula is C22H14F3NO2. The Morgan fingerprint density at radius 2 is 1.50 bits per heavy atom. The van der Waals surface area contributed by atoms with Crippen LogP contribution in [0.4, 0.5) is 13.2 Å². The smallest absolute Gasteiger partial charge is 0.331 e. The number of hydrogen-bond acceptors (Lipinski definition) is 2. The van der Waals surface area contributed by atoms with Crippen molar-refractivity contribution < 1.29 is 22.8 Å². The molecule has 0 radical (unpaired) electrons. The predicted molar refractivity (Wildman–Crippen MR) is 99.7 cm³/mol. The van der Waals surface area contributed by atoms with Gasteiger partial charge in [-0.05, 0) is 35.9 Å². The molecule has 1 heterocycles. The highest BCUT2D eigenvalue weighted by atomic mass is 19.4. The van der Waals surface area contributed by atoms with Crippen LogP contribution in [0, 0.1) is 0 Å². The van der Waals surface area contributed by atoms with Gasteiger partial charge in [0.25, 0.3) is 0 Å². The molecule has 0 unspecified atom stereocenters. The van der Waals surface area contributed by atoms with Crippen LogP contribution in [-0.2, 0) is 6.18 Å². The minimum absolute atomic E-state index is 0.345. The molecule has 0 bridgehead atoms. The van der Waals surface area contributed by atoms with Crippen LogP contribution < -0.4 is 4.84 Å². The summed E-state index contributed by atoms with van der Waals surface area (Å²) in [7, 11) is 0. The number of alkyl halides is 3. The number of halogens is 3. The van der Waals surface area contributed by atoms with E-state index in [0.29, 0.717) is 22.0 Å². The molecule has 1 aromatic heterocycles. The molecule has 3 nitrogen and oxygen atoms in total. The van der Waals surface area contributed by atoms with Gasteiger partial charge < -0.3 is 4.84 Å². The summed E-state index contributed by atoms with van der Waals surface area (Å²) in [5, 5.41) is 0.349. The number of hydrogen-bond donors (Lipinski definition) is 0. The number of carbonyl (C=O) groups is 1. The monoisotopic (exact) mass is 381 g/mol. The lowest BCUT2D eigenvalue weighted by molar-refractivity contribution is -0.137. The molecule has 0 spiro atoms. The fourth-order valence-electron chi connectivity index (χ4n) is 3.02. The van der Waals surface area contributed by atoms with Crippen molar-refractivity contribution in [2.75, 3.05) is 0 Å². The van der Waals surface area contributed by atoms with Gasteiger partial charge in [-0.15, -0.1) is 0 Å². The molecular weight excluding hydrogens is 367 g/mol. The van der Waals surface area contributed by atoms with Gasteiger partial charge in [0, 0.05) is 10.9 Å². The first kappa shape index (κ1) is 17.9. The Bertz CT molecular complexity index is 1130. The Morgan fingerprint density at radius 3 is 2.14 bits per heavy atom. The maximum atomic E-state index is 13.2. The fraction of sp³-hybridized carbons (Fsp3) is 0.0455. The molecule has 0 saturated heterocycles. The molecule has 0 aliphatic heterocycles. The average Bonchev–Trinajstić information content (AvgIpc) is 3.06. The van der Waals surface area contributed by atoms with Crippen LogP contribution in [0.1, 0.15) is 15.9 Å². The quantitative estimate of drug-likeness (QED) is 0.463. The first-order valence-corrected chi connectivity index (χ1v) is 8.49. The van der Waals surface area contributed by atoms with Crippen molar-refractivity contribution in [1.82, 2.24) is 4.73 Å². The van der Waals surface area contributed by atoms with Crippen molar-refractivity contribution in [2.24, 2.45) is 0 Å². The molecule has 140 valence electrons. The van der Waals surface area contributed by atoms with Crippen LogP contribution >= 0.6 is 0 Å². The van der Waals surface area contributed by atoms with E-state index >= 15 is 0 Å². The maximum absolute atomic E-state index is 13.2. The van der Waals surface area contributed by atoms with Crippen molar-refractivity contribution in [3.8, 4) is 11.1 Å². The summed E-state index contributed by atoms with van der Waals surface area (Å²) in [6.45, 7) is 0. The van der Waals surface area contributed by atoms with Crippen LogP contribution in [0.3, 0.4) is 0 Å². The summed E-state index contributed by atoms with van der Waals surface area (Å²) in [6.07, 6.45) is -2.94. The van der Waals surface area contributed by atoms with E-state index in [9.17, 15) is 18.0 Å². The van der Waals surface area contributed by atoms with Gasteiger partial charge >= 0.3 is 12.1 Å². The van der Waals surface area contributed by atoms with Crippen LogP contribution in [-0.4, -0.2) is 10.7 Å². The van der Waals surface area contributed by atoms with E-state index in [2.05, 4.69) is 0 Å². The Kier molecular flexibility index (Phi) is 4.39. The molecule has 0 aliphatic rings. The van der Waals surface area contributed by atoms with E-state index < -0.39 is 17.7 Å². The summed E-state index contributed by atoms with van der Waals surface area (Å²) in [5.74, 6) is -0.600. The van der Waals surface area contributed by atoms with Gasteiger partial charge in [-0.1, -0.05) is 48.5 Å². The van der Waals surface area contributed by atoms with Gasteiger partial charge in [0.05, 0.1) is 22.8 Å². The summed E-state index contributed by atoms with van der Waals surface area (Å²) in [6, 6.07) is 20.7. The molecule has 0 aliphatic carbocycles. The van der Waals surface area contributed by atoms with E-state index in [-0.39, 0.29) is 0 Å². The number of benzene rings is 3. The van der Waals surface area contributed by atoms with Gasteiger partial charge in [0.1, 0.15) is 0 Å². The molecule has 6 heteroatoms. The summed E-state index contributed by atoms with van der Waals surface area (Å²) < 4.78 is 40.8. The van der Waals surface area contributed by atoms with E-state index in [0.717, 1.165) is 17.7 Å². The molecule has 4 rings (SSSR count). The Morgan fingerprint density at radius 1 is 0.857 bits per heavy atom. The number of nitrogens with zero attached hydrogens (tertiary/aromatic N) is 1. The molecule has 28 heavy (non-hydrogen) atoms. The Balaban J connectivity index is 1.84. The Labute approximate surface area is 158 Å². The van der Waals surface area contributed by atoms with Crippen molar-refractivity contribution in [3.05, 3.63) is 96.2 Å². The van der Waals surface area contributed by atoms with Crippen LogP contribution in [0.15, 0.2) is 85.1 Å². The normalized spacial score (nSPS) is 11.5. The first-order valence-electron chi connectivity index (χ1n) is 8.49. The molecule has 3 aromatic carbocycles. The highest BCUT2D eigenvalue weighted by molar-refractivity contribution is 5.97. The second-order valence-corrected chi connectivity index (χ2v) is 6.21. The van der Waals surface area contributed by atoms with Gasteiger partial charge in [-0.2, -0.15) is 17.9 Å². The standard InChI is InChI=1S/C22H14F3NO2/c23-22(24,25)17-11-12-20-18(13-17)19(15-7-3-1-4-8-15)14-26(20)28-21(27)16-9-5-2-6-10-16/h1-14H. The van der Waals surface area contributed by atoms with E-state index in [1.165, 1.54) is 17.0 Å². The van der Waals surface area contributed by atoms with Crippen LogP contribution in [0.25, 0.3) is 22.0 Å². The van der Waals surface area contributed by atoms with E-state index in [1.807, 2.05) is 6.07 Å². The summed E-state index contributed by atoms with van der Waals surface area (Å²) >= 11 is 0. The average molecular weight is 381 g/mol. The number of fused-ring (bicyclic) bond motifs is 1. The number of aromatic nitrogens is 1. The minimum Gasteiger partial charge on any atom is -0.331 e. The third-order valence-corrected chi connectivity index (χ3v) is 4.37. The third-order valence-electron chi connectivity index (χ3n) is 4.37. The number of carbonyl (C=O) groups excluding carboxylic acids is 1. The van der Waals surface area contributed by atoms with Crippen molar-refractivity contribution in [1.29, 1.82) is 0 Å². The summed E-state index contributed by atoms with van der Waals surface area (Å²) in [5.41, 5.74) is 1.22. The molecule has 0 fully saturated rings. The second-order valence-electron chi connectivity index (χ2n) is 6.21. The molecule has 0 amide bonds. The molecule has 4 aromatic rings. The third kappa shape index (κ3) is 3.36. The van der Waals surface area contributed by atoms with Crippen LogP contribution in [0.5, 0.6) is 0 Å². The zero-order valence-corrected chi connectivity index (χ0v) is 14.5. The molecule has 0 saturated carbocycles. The minimum atomic E-state index is -4.47. The Hall–Kier alpha value is -3.54. The fourth-order valence-corrected chi connectivity index (χ4v) is 3.02. The topological polar surface area (TPSA) is 31.2 Å². The van der Waals surface area contributed by atoms with Crippen molar-refractivity contribution in [2.45, 2.75) is 6.18 Å². The maximum Gasteiger partial charge on any atom is 0.416 e. The predicted octanol–water partition coefficient (Wildman–Crippen LogP) is 5.60. The van der Waals surface area contributed by atoms with E-state index in [4.69, 9.17) is 4.84 Å². The van der Waals surface area contributed by atoms with Gasteiger partial charge in [-0.3, -0.25) is 0 Å². The van der Waals surface area contributed by atoms with Crippen LogP contribution in [0.2, 0.25) is 0 Å². The first-order chi connectivity index (χ1) is 13.4. The largest absolute Gasteiger partial charge is 0.416 e. The lowest BCUT2D eigenvalue weighted by Crippen LogP contribution is -2.18. The van der Waals surface area contributed by atoms with E-state index in [1.54, 1.807) is 54.6 Å². The van der Waals surface area contributed by atoms with Crippen molar-refractivity contribution >= 4 is 16.9 Å². The lowest BCUT2D eigenvalue weighted by Gasteiger charge is -2.08. The highest BCUT2D eigenvalue weighted by Crippen LogP contribution is 2.36. The van der Waals surface area contributed by atoms with Gasteiger partial charge in [0.2, 0.25) is 0 Å². The molecule has 0 N–H and O–H groups in total. The summed E-state index contributed by atoms with van der Waals surface area (Å²) in [4.78, 5) is 17.8. The number of rotatable bonds is 3. The van der Waals surface area contributed by atoms with Gasteiger partial charge in [0.15, 0.2) is 0 Å². The zero-order valence-electron chi connectivity index (χ0n) is 14.5. The highest BCUT2D eigenvalue weighted by Gasteiger charge is 2.31. The zero-order chi connectivity index (χ0) is 19.7. The van der Waals surface area contributed by atoms with Gasteiger partial charge in [-0.25, -0.2) is 4.79 Å². The molecule has 0 atom stereocenters. The lowest BCUT2D eigenvalue weighted by atomic mass is 10.0. The SMILES string of the molecule is O=C(On1cc(-c2ccccc2)c2cc(C(F)(F)F)ccc21)c1ccccc1.